The van der Waals surface area contributed by atoms with E-state index < -0.39 is 55.0 Å². The van der Waals surface area contributed by atoms with Gasteiger partial charge in [0.05, 0.1) is 11.5 Å². The molecule has 1 aliphatic rings. The van der Waals surface area contributed by atoms with Crippen molar-refractivity contribution >= 4 is 22.9 Å². The topological polar surface area (TPSA) is 116 Å². The highest BCUT2D eigenvalue weighted by atomic mass is 32.1. The zero-order chi connectivity index (χ0) is 18.8. The molecule has 0 saturated carbocycles. The maximum absolute atomic E-state index is 12.5. The summed E-state index contributed by atoms with van der Waals surface area (Å²) < 4.78 is 47.7. The summed E-state index contributed by atoms with van der Waals surface area (Å²) in [4.78, 5) is 11.4. The number of thiophene rings is 1. The lowest BCUT2D eigenvalue weighted by molar-refractivity contribution is -0.284. The average Bonchev–Trinajstić information content (AvgIpc) is 3.07. The third kappa shape index (κ3) is 4.57. The second-order valence-corrected chi connectivity index (χ2v) is 6.11. The van der Waals surface area contributed by atoms with Gasteiger partial charge in [0.25, 0.3) is 5.78 Å². The number of aliphatic hydroxyl groups excluding tert-OH is 4. The third-order valence-corrected chi connectivity index (χ3v) is 4.28. The van der Waals surface area contributed by atoms with Crippen molar-refractivity contribution in [2.45, 2.75) is 36.9 Å². The summed E-state index contributed by atoms with van der Waals surface area (Å²) in [6.07, 6.45) is -13.2. The second kappa shape index (κ2) is 7.81. The molecule has 11 heteroatoms. The summed E-state index contributed by atoms with van der Waals surface area (Å²) in [6, 6.07) is 2.88. The highest BCUT2D eigenvalue weighted by Crippen LogP contribution is 2.30. The summed E-state index contributed by atoms with van der Waals surface area (Å²) in [5, 5.41) is 39.9. The number of alkyl halides is 3. The smallest absolute Gasteiger partial charge is 0.454 e. The van der Waals surface area contributed by atoms with Crippen molar-refractivity contribution in [1.29, 1.82) is 0 Å². The standard InChI is InChI=1S/C14H15F3O7S/c15-14(16,17)9(19)4-6(8-2-1-3-25-8)23-13-12(22)11(21)10(20)7(5-18)24-13/h1-4,7,10-13,18,20-22H,5H2/t7-,10+,11+,12-,13-/m1/s1. The summed E-state index contributed by atoms with van der Waals surface area (Å²) in [7, 11) is 0. The molecule has 1 aromatic heterocycles. The molecule has 5 atom stereocenters. The number of allylic oxidation sites excluding steroid dienone is 1. The van der Waals surface area contributed by atoms with Crippen LogP contribution in [0.3, 0.4) is 0 Å². The molecule has 4 N–H and O–H groups in total. The Morgan fingerprint density at radius 2 is 1.96 bits per heavy atom. The Kier molecular flexibility index (Phi) is 6.19. The van der Waals surface area contributed by atoms with Crippen LogP contribution in [0.2, 0.25) is 0 Å². The van der Waals surface area contributed by atoms with Crippen molar-refractivity contribution in [2.75, 3.05) is 6.61 Å². The lowest BCUT2D eigenvalue weighted by Crippen LogP contribution is -2.59. The molecule has 140 valence electrons. The number of rotatable bonds is 5. The first-order valence-corrected chi connectivity index (χ1v) is 7.87. The van der Waals surface area contributed by atoms with Crippen LogP contribution in [0.5, 0.6) is 0 Å². The number of ketones is 1. The molecule has 2 heterocycles. The van der Waals surface area contributed by atoms with E-state index >= 15 is 0 Å². The third-order valence-electron chi connectivity index (χ3n) is 3.40. The fraction of sp³-hybridized carbons (Fsp3) is 0.500. The van der Waals surface area contributed by atoms with E-state index in [0.29, 0.717) is 0 Å². The monoisotopic (exact) mass is 384 g/mol. The SMILES string of the molecule is O=C(C=C(O[C@@H]1O[C@H](CO)[C@H](O)[C@H](O)[C@H]1O)c1cccs1)C(F)(F)F. The van der Waals surface area contributed by atoms with Gasteiger partial charge in [-0.1, -0.05) is 6.07 Å². The summed E-state index contributed by atoms with van der Waals surface area (Å²) in [6.45, 7) is -0.732. The fourth-order valence-electron chi connectivity index (χ4n) is 2.07. The van der Waals surface area contributed by atoms with Crippen LogP contribution in [-0.4, -0.2) is 69.7 Å². The van der Waals surface area contributed by atoms with E-state index in [4.69, 9.17) is 14.6 Å². The molecule has 1 fully saturated rings. The van der Waals surface area contributed by atoms with Gasteiger partial charge in [-0.05, 0) is 11.4 Å². The molecule has 1 saturated heterocycles. The molecule has 0 unspecified atom stereocenters. The molecule has 0 aromatic carbocycles. The van der Waals surface area contributed by atoms with E-state index in [1.165, 1.54) is 17.5 Å². The number of halogens is 3. The first-order valence-electron chi connectivity index (χ1n) is 6.99. The van der Waals surface area contributed by atoms with E-state index in [0.717, 1.165) is 11.3 Å². The predicted molar refractivity (Wildman–Crippen MR) is 78.2 cm³/mol. The Hall–Kier alpha value is -1.50. The molecule has 0 bridgehead atoms. The van der Waals surface area contributed by atoms with Gasteiger partial charge in [0.1, 0.15) is 30.2 Å². The lowest BCUT2D eigenvalue weighted by Gasteiger charge is -2.39. The minimum Gasteiger partial charge on any atom is -0.460 e. The van der Waals surface area contributed by atoms with E-state index in [1.54, 1.807) is 0 Å². The van der Waals surface area contributed by atoms with Crippen molar-refractivity contribution in [3.05, 3.63) is 28.5 Å². The van der Waals surface area contributed by atoms with Crippen LogP contribution in [0.25, 0.3) is 5.76 Å². The highest BCUT2D eigenvalue weighted by Gasteiger charge is 2.45. The van der Waals surface area contributed by atoms with Crippen LogP contribution >= 0.6 is 11.3 Å². The number of carbonyl (C=O) groups excluding carboxylic acids is 1. The number of ether oxygens (including phenoxy) is 2. The molecule has 0 aliphatic carbocycles. The van der Waals surface area contributed by atoms with Crippen molar-refractivity contribution < 1.29 is 47.9 Å². The molecule has 2 rings (SSSR count). The van der Waals surface area contributed by atoms with Gasteiger partial charge in [-0.15, -0.1) is 11.3 Å². The number of carbonyl (C=O) groups is 1. The highest BCUT2D eigenvalue weighted by molar-refractivity contribution is 7.11. The minimum atomic E-state index is -5.12. The van der Waals surface area contributed by atoms with Gasteiger partial charge < -0.3 is 29.9 Å². The Morgan fingerprint density at radius 1 is 1.28 bits per heavy atom. The molecule has 1 aromatic rings. The first-order chi connectivity index (χ1) is 11.6. The molecule has 0 radical (unpaired) electrons. The average molecular weight is 384 g/mol. The Labute approximate surface area is 143 Å². The zero-order valence-electron chi connectivity index (χ0n) is 12.5. The Bertz CT molecular complexity index is 614. The van der Waals surface area contributed by atoms with Crippen LogP contribution in [0.4, 0.5) is 13.2 Å². The van der Waals surface area contributed by atoms with Crippen LogP contribution in [0.15, 0.2) is 23.6 Å². The second-order valence-electron chi connectivity index (χ2n) is 5.16. The van der Waals surface area contributed by atoms with Crippen LogP contribution < -0.4 is 0 Å². The van der Waals surface area contributed by atoms with Gasteiger partial charge in [-0.3, -0.25) is 4.79 Å². The number of hydrogen-bond acceptors (Lipinski definition) is 8. The largest absolute Gasteiger partial charge is 0.460 e. The van der Waals surface area contributed by atoms with Gasteiger partial charge >= 0.3 is 6.18 Å². The Morgan fingerprint density at radius 3 is 2.48 bits per heavy atom. The normalized spacial score (nSPS) is 31.0. The zero-order valence-corrected chi connectivity index (χ0v) is 13.3. The predicted octanol–water partition coefficient (Wildman–Crippen LogP) is 0.0369. The van der Waals surface area contributed by atoms with Gasteiger partial charge in [0.15, 0.2) is 0 Å². The molecular weight excluding hydrogens is 369 g/mol. The maximum atomic E-state index is 12.5. The van der Waals surface area contributed by atoms with E-state index in [1.807, 2.05) is 0 Å². The molecule has 0 amide bonds. The number of hydrogen-bond donors (Lipinski definition) is 4. The summed E-state index contributed by atoms with van der Waals surface area (Å²) in [5.74, 6) is -2.71. The van der Waals surface area contributed by atoms with E-state index in [-0.39, 0.29) is 11.0 Å². The molecule has 7 nitrogen and oxygen atoms in total. The van der Waals surface area contributed by atoms with Crippen molar-refractivity contribution in [3.63, 3.8) is 0 Å². The van der Waals surface area contributed by atoms with Crippen molar-refractivity contribution in [1.82, 2.24) is 0 Å². The summed E-state index contributed by atoms with van der Waals surface area (Å²) >= 11 is 0.970. The minimum absolute atomic E-state index is 0.148. The molecule has 1 aliphatic heterocycles. The molecule has 25 heavy (non-hydrogen) atoms. The van der Waals surface area contributed by atoms with Crippen LogP contribution in [0, 0.1) is 0 Å². The van der Waals surface area contributed by atoms with Gasteiger partial charge in [-0.25, -0.2) is 0 Å². The van der Waals surface area contributed by atoms with Crippen LogP contribution in [-0.2, 0) is 14.3 Å². The molecule has 0 spiro atoms. The fourth-order valence-corrected chi connectivity index (χ4v) is 2.76. The van der Waals surface area contributed by atoms with Gasteiger partial charge in [-0.2, -0.15) is 13.2 Å². The maximum Gasteiger partial charge on any atom is 0.454 e. The lowest BCUT2D eigenvalue weighted by atomic mass is 9.99. The van der Waals surface area contributed by atoms with Crippen molar-refractivity contribution in [3.8, 4) is 0 Å². The van der Waals surface area contributed by atoms with E-state index in [2.05, 4.69) is 0 Å². The quantitative estimate of drug-likeness (QED) is 0.418. The first kappa shape index (κ1) is 19.8. The number of aliphatic hydroxyl groups is 4. The summed E-state index contributed by atoms with van der Waals surface area (Å²) in [5.41, 5.74) is 0. The van der Waals surface area contributed by atoms with Crippen LogP contribution in [0.1, 0.15) is 4.88 Å². The van der Waals surface area contributed by atoms with Crippen molar-refractivity contribution in [2.24, 2.45) is 0 Å². The molecular formula is C14H15F3O7S. The van der Waals surface area contributed by atoms with Gasteiger partial charge in [0, 0.05) is 6.08 Å². The van der Waals surface area contributed by atoms with E-state index in [9.17, 15) is 33.3 Å². The van der Waals surface area contributed by atoms with Gasteiger partial charge in [0.2, 0.25) is 6.29 Å². The Balaban J connectivity index is 2.28.